The van der Waals surface area contributed by atoms with Crippen LogP contribution in [0.4, 0.5) is 0 Å². The number of fused-ring (bicyclic) bond motifs is 2. The fourth-order valence-corrected chi connectivity index (χ4v) is 8.46. The smallest absolute Gasteiger partial charge is 0.326 e. The molecule has 0 radical (unpaired) electrons. The van der Waals surface area contributed by atoms with E-state index in [1.54, 1.807) is 39.8 Å². The molecule has 5 aromatic rings. The first-order chi connectivity index (χ1) is 25.7. The molecule has 0 bridgehead atoms. The molecule has 0 saturated carbocycles. The number of amides is 1. The van der Waals surface area contributed by atoms with Gasteiger partial charge in [0.05, 0.1) is 47.9 Å². The largest absolute Gasteiger partial charge is 0.497 e. The Morgan fingerprint density at radius 1 is 1.00 bits per heavy atom. The number of imidazole rings is 1. The highest BCUT2D eigenvalue weighted by molar-refractivity contribution is 7.89. The summed E-state index contributed by atoms with van der Waals surface area (Å²) in [6, 6.07) is 20.2. The van der Waals surface area contributed by atoms with Gasteiger partial charge in [0.2, 0.25) is 16.3 Å². The van der Waals surface area contributed by atoms with E-state index in [2.05, 4.69) is 4.98 Å². The number of rotatable bonds is 12. The topological polar surface area (TPSA) is 174 Å². The highest BCUT2D eigenvalue weighted by Gasteiger charge is 2.35. The molecule has 0 aliphatic carbocycles. The maximum atomic E-state index is 14.0. The Labute approximate surface area is 304 Å². The number of piperidine rings is 1. The van der Waals surface area contributed by atoms with Gasteiger partial charge in [0.15, 0.2) is 11.2 Å². The quantitative estimate of drug-likeness (QED) is 0.192. The highest BCUT2D eigenvalue weighted by atomic mass is 32.2. The average molecular weight is 745 g/mol. The van der Waals surface area contributed by atoms with E-state index in [1.165, 1.54) is 37.6 Å². The molecule has 278 valence electrons. The lowest BCUT2D eigenvalue weighted by molar-refractivity contribution is -0.153. The standard InChI is InChI=1S/C38H40N4O10S/c1-49-27-10-12-28(13-11-27)53(47,48)41(18-20-43)19-21-50-35-23-25(30-24-51-33-9-5-2-6-29(33)36(30)44)22-34(52-35)37(45)40-16-14-26(15-17-40)42-32-8-4-3-7-31(32)39-38(42)46/h2-13,22,24-26,35,43H,14-21,23H2,1H3,(H,39,46)/t25-,35+/m1/s1. The zero-order chi connectivity index (χ0) is 37.1. The van der Waals surface area contributed by atoms with Crippen molar-refractivity contribution in [3.8, 4) is 5.75 Å². The molecule has 2 aromatic heterocycles. The lowest BCUT2D eigenvalue weighted by atomic mass is 9.93. The Balaban J connectivity index is 1.09. The van der Waals surface area contributed by atoms with Gasteiger partial charge in [-0.3, -0.25) is 14.2 Å². The van der Waals surface area contributed by atoms with Crippen LogP contribution in [0.3, 0.4) is 0 Å². The van der Waals surface area contributed by atoms with E-state index >= 15 is 0 Å². The molecule has 2 N–H and O–H groups in total. The van der Waals surface area contributed by atoms with E-state index in [0.717, 1.165) is 15.3 Å². The van der Waals surface area contributed by atoms with Crippen molar-refractivity contribution in [2.45, 2.75) is 42.4 Å². The number of benzene rings is 3. The van der Waals surface area contributed by atoms with Gasteiger partial charge in [0, 0.05) is 50.1 Å². The summed E-state index contributed by atoms with van der Waals surface area (Å²) in [5.74, 6) is -0.507. The van der Waals surface area contributed by atoms with Crippen molar-refractivity contribution >= 4 is 37.9 Å². The zero-order valence-electron chi connectivity index (χ0n) is 29.1. The SMILES string of the molecule is COc1ccc(S(=O)(=O)N(CCO)CCO[C@@H]2C[C@H](c3coc4ccccc4c3=O)C=C(C(=O)N3CCC(n4c(=O)[nH]c5ccccc54)CC3)O2)cc1. The molecule has 2 aliphatic rings. The molecule has 4 heterocycles. The van der Waals surface area contributed by atoms with Gasteiger partial charge in [-0.05, 0) is 67.4 Å². The van der Waals surface area contributed by atoms with E-state index in [0.29, 0.717) is 48.2 Å². The van der Waals surface area contributed by atoms with Crippen molar-refractivity contribution in [1.29, 1.82) is 0 Å². The predicted molar refractivity (Wildman–Crippen MR) is 195 cm³/mol. The molecule has 1 saturated heterocycles. The fourth-order valence-electron chi connectivity index (χ4n) is 7.04. The minimum Gasteiger partial charge on any atom is -0.497 e. The summed E-state index contributed by atoms with van der Waals surface area (Å²) in [5.41, 5.74) is 1.88. The number of nitrogens with one attached hydrogen (secondary N) is 1. The van der Waals surface area contributed by atoms with Crippen LogP contribution in [0.15, 0.2) is 110 Å². The number of hydrogen-bond acceptors (Lipinski definition) is 10. The van der Waals surface area contributed by atoms with Crippen LogP contribution in [0.25, 0.3) is 22.0 Å². The summed E-state index contributed by atoms with van der Waals surface area (Å²) in [7, 11) is -2.52. The molecule has 7 rings (SSSR count). The van der Waals surface area contributed by atoms with Crippen molar-refractivity contribution in [2.75, 3.05) is 46.5 Å². The van der Waals surface area contributed by atoms with Crippen LogP contribution >= 0.6 is 0 Å². The Bertz CT molecular complexity index is 2360. The summed E-state index contributed by atoms with van der Waals surface area (Å²) in [4.78, 5) is 45.1. The van der Waals surface area contributed by atoms with Gasteiger partial charge in [-0.25, -0.2) is 13.2 Å². The average Bonchev–Trinajstić information content (AvgIpc) is 3.53. The Morgan fingerprint density at radius 2 is 1.74 bits per heavy atom. The van der Waals surface area contributed by atoms with Crippen LogP contribution in [-0.4, -0.2) is 91.0 Å². The number of ether oxygens (including phenoxy) is 3. The molecule has 2 aliphatic heterocycles. The molecule has 53 heavy (non-hydrogen) atoms. The minimum atomic E-state index is -4.00. The molecule has 14 nitrogen and oxygen atoms in total. The second-order valence-electron chi connectivity index (χ2n) is 13.0. The molecule has 15 heteroatoms. The van der Waals surface area contributed by atoms with Crippen LogP contribution in [0.5, 0.6) is 5.75 Å². The molecule has 3 aromatic carbocycles. The van der Waals surface area contributed by atoms with E-state index in [1.807, 2.05) is 24.3 Å². The van der Waals surface area contributed by atoms with E-state index < -0.39 is 28.8 Å². The summed E-state index contributed by atoms with van der Waals surface area (Å²) in [5, 5.41) is 10.1. The summed E-state index contributed by atoms with van der Waals surface area (Å²) < 4.78 is 52.9. The number of allylic oxidation sites excluding steroid dienone is 1. The third-order valence-corrected chi connectivity index (χ3v) is 11.7. The number of H-pyrrole nitrogens is 1. The molecule has 2 atom stereocenters. The van der Waals surface area contributed by atoms with Gasteiger partial charge in [-0.15, -0.1) is 0 Å². The first kappa shape index (κ1) is 36.2. The van der Waals surface area contributed by atoms with Gasteiger partial charge >= 0.3 is 5.69 Å². The van der Waals surface area contributed by atoms with Gasteiger partial charge in [-0.1, -0.05) is 24.3 Å². The maximum absolute atomic E-state index is 14.0. The Kier molecular flexibility index (Phi) is 10.5. The number of likely N-dealkylation sites (tertiary alicyclic amines) is 1. The summed E-state index contributed by atoms with van der Waals surface area (Å²) in [6.45, 7) is -0.110. The lowest BCUT2D eigenvalue weighted by Crippen LogP contribution is -2.43. The van der Waals surface area contributed by atoms with Gasteiger partial charge in [0.1, 0.15) is 11.3 Å². The van der Waals surface area contributed by atoms with Crippen molar-refractivity contribution in [2.24, 2.45) is 0 Å². The number of aliphatic hydroxyl groups excluding tert-OH is 1. The number of carbonyl (C=O) groups is 1. The van der Waals surface area contributed by atoms with Crippen LogP contribution in [0.2, 0.25) is 0 Å². The second kappa shape index (κ2) is 15.4. The minimum absolute atomic E-state index is 0.000381. The molecule has 1 fully saturated rings. The van der Waals surface area contributed by atoms with Crippen molar-refractivity contribution in [3.63, 3.8) is 0 Å². The number of carbonyl (C=O) groups excluding carboxylic acids is 1. The summed E-state index contributed by atoms with van der Waals surface area (Å²) in [6.07, 6.45) is 3.23. The van der Waals surface area contributed by atoms with Crippen LogP contribution in [-0.2, 0) is 24.3 Å². The number of aliphatic hydroxyl groups is 1. The number of aromatic nitrogens is 2. The van der Waals surface area contributed by atoms with Crippen LogP contribution in [0.1, 0.15) is 36.8 Å². The van der Waals surface area contributed by atoms with Gasteiger partial charge in [0.25, 0.3) is 5.91 Å². The highest BCUT2D eigenvalue weighted by Crippen LogP contribution is 2.33. The molecule has 0 unspecified atom stereocenters. The molecule has 0 spiro atoms. The first-order valence-electron chi connectivity index (χ1n) is 17.4. The monoisotopic (exact) mass is 744 g/mol. The zero-order valence-corrected chi connectivity index (χ0v) is 29.9. The lowest BCUT2D eigenvalue weighted by Gasteiger charge is -2.35. The normalized spacial score (nSPS) is 18.3. The first-order valence-corrected chi connectivity index (χ1v) is 18.9. The fraction of sp³-hybridized carbons (Fsp3) is 0.342. The molecular formula is C38H40N4O10S. The summed E-state index contributed by atoms with van der Waals surface area (Å²) >= 11 is 0. The third-order valence-electron chi connectivity index (χ3n) is 9.81. The Hall–Kier alpha value is -5.22. The van der Waals surface area contributed by atoms with E-state index in [4.69, 9.17) is 18.6 Å². The van der Waals surface area contributed by atoms with E-state index in [-0.39, 0.29) is 59.8 Å². The third kappa shape index (κ3) is 7.38. The molecule has 1 amide bonds. The Morgan fingerprint density at radius 3 is 2.49 bits per heavy atom. The number of methoxy groups -OCH3 is 1. The van der Waals surface area contributed by atoms with Crippen LogP contribution in [0, 0.1) is 0 Å². The maximum Gasteiger partial charge on any atom is 0.326 e. The number of sulfonamides is 1. The van der Waals surface area contributed by atoms with Gasteiger partial charge in [-0.2, -0.15) is 4.31 Å². The van der Waals surface area contributed by atoms with Gasteiger partial charge < -0.3 is 33.6 Å². The number of aromatic amines is 1. The second-order valence-corrected chi connectivity index (χ2v) is 14.9. The van der Waals surface area contributed by atoms with Crippen molar-refractivity contribution in [1.82, 2.24) is 18.8 Å². The van der Waals surface area contributed by atoms with Crippen molar-refractivity contribution < 1.29 is 36.9 Å². The van der Waals surface area contributed by atoms with Crippen molar-refractivity contribution in [3.05, 3.63) is 117 Å². The predicted octanol–water partition coefficient (Wildman–Crippen LogP) is 3.72. The van der Waals surface area contributed by atoms with E-state index in [9.17, 15) is 27.9 Å². The van der Waals surface area contributed by atoms with Crippen LogP contribution < -0.4 is 15.9 Å². The number of hydrogen-bond donors (Lipinski definition) is 2. The molecular weight excluding hydrogens is 705 g/mol. The number of para-hydroxylation sites is 3. The number of nitrogens with zero attached hydrogens (tertiary/aromatic N) is 3.